The minimum Gasteiger partial charge on any atom is -0.302 e. The molecule has 2 aromatic rings. The van der Waals surface area contributed by atoms with Crippen LogP contribution >= 0.6 is 23.1 Å². The zero-order chi connectivity index (χ0) is 19.2. The monoisotopic (exact) mass is 405 g/mol. The van der Waals surface area contributed by atoms with Crippen molar-refractivity contribution in [3.63, 3.8) is 0 Å². The standard InChI is InChI=1S/C19H27N5OS2/c1-13-16(14(2)21-18(20-13)26-3)7-8-17(25)23-19-22-15(12-27-19)11-24-9-5-4-6-10-24/h12H,4-11H2,1-3H3,(H,22,23,25). The zero-order valence-corrected chi connectivity index (χ0v) is 17.9. The van der Waals surface area contributed by atoms with Crippen molar-refractivity contribution < 1.29 is 4.79 Å². The molecule has 2 aromatic heterocycles. The molecule has 3 heterocycles. The zero-order valence-electron chi connectivity index (χ0n) is 16.2. The number of piperidine rings is 1. The molecule has 6 nitrogen and oxygen atoms in total. The third-order valence-corrected chi connectivity index (χ3v) is 6.17. The van der Waals surface area contributed by atoms with Crippen LogP contribution in [-0.4, -0.2) is 45.1 Å². The van der Waals surface area contributed by atoms with Gasteiger partial charge in [0.25, 0.3) is 0 Å². The van der Waals surface area contributed by atoms with E-state index < -0.39 is 0 Å². The number of carbonyl (C=O) groups excluding carboxylic acids is 1. The summed E-state index contributed by atoms with van der Waals surface area (Å²) in [6.45, 7) is 7.14. The van der Waals surface area contributed by atoms with E-state index in [4.69, 9.17) is 0 Å². The van der Waals surface area contributed by atoms with Gasteiger partial charge in [-0.15, -0.1) is 11.3 Å². The number of rotatable bonds is 7. The molecule has 1 amide bonds. The molecule has 0 aliphatic carbocycles. The number of likely N-dealkylation sites (tertiary alicyclic amines) is 1. The van der Waals surface area contributed by atoms with Gasteiger partial charge in [-0.25, -0.2) is 15.0 Å². The highest BCUT2D eigenvalue weighted by molar-refractivity contribution is 7.98. The molecule has 1 saturated heterocycles. The second kappa shape index (κ2) is 9.61. The van der Waals surface area contributed by atoms with Crippen molar-refractivity contribution >= 4 is 34.1 Å². The van der Waals surface area contributed by atoms with E-state index in [1.807, 2.05) is 25.5 Å². The molecule has 0 spiro atoms. The summed E-state index contributed by atoms with van der Waals surface area (Å²) in [6.07, 6.45) is 6.89. The Morgan fingerprint density at radius 3 is 2.56 bits per heavy atom. The summed E-state index contributed by atoms with van der Waals surface area (Å²) in [5.74, 6) is -0.0124. The maximum atomic E-state index is 12.3. The molecule has 1 aliphatic rings. The average molecular weight is 406 g/mol. The Morgan fingerprint density at radius 1 is 1.19 bits per heavy atom. The number of anilines is 1. The molecule has 0 radical (unpaired) electrons. The number of thiazole rings is 1. The average Bonchev–Trinajstić information content (AvgIpc) is 3.08. The number of hydrogen-bond acceptors (Lipinski definition) is 7. The Kier molecular flexibility index (Phi) is 7.20. The quantitative estimate of drug-likeness (QED) is 0.558. The smallest absolute Gasteiger partial charge is 0.226 e. The van der Waals surface area contributed by atoms with Crippen LogP contribution in [0, 0.1) is 13.8 Å². The topological polar surface area (TPSA) is 71.0 Å². The summed E-state index contributed by atoms with van der Waals surface area (Å²) >= 11 is 3.04. The Balaban J connectivity index is 1.51. The minimum absolute atomic E-state index is 0.0124. The number of aryl methyl sites for hydroxylation is 2. The highest BCUT2D eigenvalue weighted by Crippen LogP contribution is 2.20. The Labute approximate surface area is 169 Å². The molecule has 0 saturated carbocycles. The number of thioether (sulfide) groups is 1. The lowest BCUT2D eigenvalue weighted by Crippen LogP contribution is -2.29. The first-order valence-electron chi connectivity index (χ1n) is 9.40. The van der Waals surface area contributed by atoms with E-state index in [0.29, 0.717) is 18.0 Å². The molecule has 27 heavy (non-hydrogen) atoms. The molecule has 146 valence electrons. The summed E-state index contributed by atoms with van der Waals surface area (Å²) in [5.41, 5.74) is 4.02. The van der Waals surface area contributed by atoms with Gasteiger partial charge in [0.15, 0.2) is 10.3 Å². The number of amides is 1. The number of nitrogens with one attached hydrogen (secondary N) is 1. The highest BCUT2D eigenvalue weighted by atomic mass is 32.2. The van der Waals surface area contributed by atoms with Crippen molar-refractivity contribution in [2.45, 2.75) is 57.7 Å². The van der Waals surface area contributed by atoms with Crippen LogP contribution in [0.2, 0.25) is 0 Å². The van der Waals surface area contributed by atoms with Crippen molar-refractivity contribution in [1.29, 1.82) is 0 Å². The molecule has 1 aliphatic heterocycles. The number of aromatic nitrogens is 3. The third kappa shape index (κ3) is 5.73. The van der Waals surface area contributed by atoms with E-state index in [-0.39, 0.29) is 5.91 Å². The van der Waals surface area contributed by atoms with Crippen LogP contribution < -0.4 is 5.32 Å². The van der Waals surface area contributed by atoms with Crippen LogP contribution in [-0.2, 0) is 17.8 Å². The second-order valence-corrected chi connectivity index (χ2v) is 8.52. The van der Waals surface area contributed by atoms with Gasteiger partial charge in [0, 0.05) is 29.7 Å². The Hall–Kier alpha value is -1.51. The summed E-state index contributed by atoms with van der Waals surface area (Å²) in [6, 6.07) is 0. The lowest BCUT2D eigenvalue weighted by molar-refractivity contribution is -0.116. The fourth-order valence-corrected chi connectivity index (χ4v) is 4.54. The molecule has 0 unspecified atom stereocenters. The molecule has 1 N–H and O–H groups in total. The molecule has 8 heteroatoms. The lowest BCUT2D eigenvalue weighted by Gasteiger charge is -2.25. The first-order chi connectivity index (χ1) is 13.0. The maximum Gasteiger partial charge on any atom is 0.226 e. The summed E-state index contributed by atoms with van der Waals surface area (Å²) in [5, 5.41) is 6.45. The number of carbonyl (C=O) groups is 1. The van der Waals surface area contributed by atoms with Crippen LogP contribution in [0.4, 0.5) is 5.13 Å². The second-order valence-electron chi connectivity index (χ2n) is 6.89. The Morgan fingerprint density at radius 2 is 1.89 bits per heavy atom. The molecule has 0 atom stereocenters. The van der Waals surface area contributed by atoms with E-state index in [0.717, 1.165) is 47.4 Å². The van der Waals surface area contributed by atoms with Gasteiger partial charge in [0.05, 0.1) is 5.69 Å². The van der Waals surface area contributed by atoms with Crippen molar-refractivity contribution in [2.75, 3.05) is 24.7 Å². The van der Waals surface area contributed by atoms with Crippen molar-refractivity contribution in [1.82, 2.24) is 19.9 Å². The SMILES string of the molecule is CSc1nc(C)c(CCC(=O)Nc2nc(CN3CCCCC3)cs2)c(C)n1. The lowest BCUT2D eigenvalue weighted by atomic mass is 10.1. The van der Waals surface area contributed by atoms with Crippen LogP contribution in [0.3, 0.4) is 0 Å². The minimum atomic E-state index is -0.0124. The predicted molar refractivity (Wildman–Crippen MR) is 111 cm³/mol. The van der Waals surface area contributed by atoms with Gasteiger partial charge in [-0.3, -0.25) is 9.69 Å². The molecular formula is C19H27N5OS2. The van der Waals surface area contributed by atoms with E-state index in [1.54, 1.807) is 0 Å². The van der Waals surface area contributed by atoms with Crippen LogP contribution in [0.5, 0.6) is 0 Å². The summed E-state index contributed by atoms with van der Waals surface area (Å²) < 4.78 is 0. The normalized spacial score (nSPS) is 15.1. The van der Waals surface area contributed by atoms with Crippen molar-refractivity contribution in [2.24, 2.45) is 0 Å². The fraction of sp³-hybridized carbons (Fsp3) is 0.579. The van der Waals surface area contributed by atoms with Gasteiger partial charge in [0.1, 0.15) is 0 Å². The van der Waals surface area contributed by atoms with Gasteiger partial charge in [0.2, 0.25) is 5.91 Å². The fourth-order valence-electron chi connectivity index (χ4n) is 3.37. The first-order valence-corrected chi connectivity index (χ1v) is 11.5. The van der Waals surface area contributed by atoms with Gasteiger partial charge >= 0.3 is 0 Å². The van der Waals surface area contributed by atoms with Gasteiger partial charge < -0.3 is 5.32 Å². The molecule has 1 fully saturated rings. The van der Waals surface area contributed by atoms with Crippen LogP contribution in [0.15, 0.2) is 10.5 Å². The third-order valence-electron chi connectivity index (χ3n) is 4.82. The number of nitrogens with zero attached hydrogens (tertiary/aromatic N) is 4. The van der Waals surface area contributed by atoms with E-state index in [1.165, 1.54) is 42.4 Å². The van der Waals surface area contributed by atoms with Crippen molar-refractivity contribution in [3.05, 3.63) is 28.0 Å². The van der Waals surface area contributed by atoms with Crippen LogP contribution in [0.1, 0.15) is 48.3 Å². The predicted octanol–water partition coefficient (Wildman–Crippen LogP) is 3.83. The Bertz CT molecular complexity index is 763. The van der Waals surface area contributed by atoms with Gasteiger partial charge in [-0.2, -0.15) is 0 Å². The molecule has 0 aromatic carbocycles. The molecular weight excluding hydrogens is 378 g/mol. The molecule has 0 bridgehead atoms. The van der Waals surface area contributed by atoms with Crippen LogP contribution in [0.25, 0.3) is 0 Å². The largest absolute Gasteiger partial charge is 0.302 e. The number of hydrogen-bond donors (Lipinski definition) is 1. The van der Waals surface area contributed by atoms with E-state index in [9.17, 15) is 4.79 Å². The van der Waals surface area contributed by atoms with Gasteiger partial charge in [-0.05, 0) is 58.0 Å². The van der Waals surface area contributed by atoms with E-state index in [2.05, 4.69) is 25.2 Å². The molecule has 3 rings (SSSR count). The van der Waals surface area contributed by atoms with Gasteiger partial charge in [-0.1, -0.05) is 18.2 Å². The first kappa shape index (κ1) is 20.2. The maximum absolute atomic E-state index is 12.3. The van der Waals surface area contributed by atoms with Crippen molar-refractivity contribution in [3.8, 4) is 0 Å². The summed E-state index contributed by atoms with van der Waals surface area (Å²) in [4.78, 5) is 28.3. The van der Waals surface area contributed by atoms with E-state index >= 15 is 0 Å². The summed E-state index contributed by atoms with van der Waals surface area (Å²) in [7, 11) is 0. The highest BCUT2D eigenvalue weighted by Gasteiger charge is 2.14.